The second-order valence-corrected chi connectivity index (χ2v) is 8.75. The van der Waals surface area contributed by atoms with E-state index in [0.717, 1.165) is 16.8 Å². The van der Waals surface area contributed by atoms with Crippen LogP contribution < -0.4 is 10.1 Å². The van der Waals surface area contributed by atoms with Crippen LogP contribution in [-0.2, 0) is 24.3 Å². The van der Waals surface area contributed by atoms with Gasteiger partial charge in [0.25, 0.3) is 5.91 Å². The van der Waals surface area contributed by atoms with Crippen molar-refractivity contribution in [3.8, 4) is 11.8 Å². The third-order valence-corrected chi connectivity index (χ3v) is 5.86. The summed E-state index contributed by atoms with van der Waals surface area (Å²) in [6.07, 6.45) is 3.99. The molecule has 2 heterocycles. The van der Waals surface area contributed by atoms with E-state index in [9.17, 15) is 9.59 Å². The molecule has 0 saturated carbocycles. The van der Waals surface area contributed by atoms with Gasteiger partial charge in [0.05, 0.1) is 25.1 Å². The number of nitriles is 1. The van der Waals surface area contributed by atoms with E-state index in [1.54, 1.807) is 36.8 Å². The number of carbonyl (C=O) groups is 2. The van der Waals surface area contributed by atoms with Gasteiger partial charge in [-0.2, -0.15) is 5.26 Å². The van der Waals surface area contributed by atoms with Crippen molar-refractivity contribution in [2.45, 2.75) is 19.6 Å². The van der Waals surface area contributed by atoms with Gasteiger partial charge in [-0.05, 0) is 35.4 Å². The van der Waals surface area contributed by atoms with Gasteiger partial charge in [-0.15, -0.1) is 0 Å². The molecule has 0 atom stereocenters. The number of esters is 1. The van der Waals surface area contributed by atoms with Crippen LogP contribution in [-0.4, -0.2) is 40.1 Å². The topological polar surface area (TPSA) is 119 Å². The minimum Gasteiger partial charge on any atom is -0.489 e. The first-order valence-corrected chi connectivity index (χ1v) is 12.1. The van der Waals surface area contributed by atoms with Crippen molar-refractivity contribution in [3.05, 3.63) is 112 Å². The third-order valence-electron chi connectivity index (χ3n) is 5.62. The Hall–Kier alpha value is -4.68. The molecule has 10 heteroatoms. The maximum atomic E-state index is 12.9. The van der Waals surface area contributed by atoms with Crippen molar-refractivity contribution in [3.63, 3.8) is 0 Å². The Balaban J connectivity index is 1.40. The van der Waals surface area contributed by atoms with Crippen LogP contribution in [0.5, 0.6) is 5.75 Å². The van der Waals surface area contributed by atoms with Crippen molar-refractivity contribution in [2.75, 3.05) is 13.7 Å². The van der Waals surface area contributed by atoms with Crippen LogP contribution in [0.25, 0.3) is 0 Å². The van der Waals surface area contributed by atoms with Gasteiger partial charge in [-0.1, -0.05) is 35.9 Å². The van der Waals surface area contributed by atoms with E-state index in [4.69, 9.17) is 26.3 Å². The van der Waals surface area contributed by atoms with E-state index in [1.165, 1.54) is 19.2 Å². The monoisotopic (exact) mass is 529 g/mol. The molecule has 9 nitrogen and oxygen atoms in total. The smallest absolute Gasteiger partial charge is 0.356 e. The van der Waals surface area contributed by atoms with Crippen LogP contribution in [0.3, 0.4) is 0 Å². The number of amides is 1. The predicted molar refractivity (Wildman–Crippen MR) is 140 cm³/mol. The second kappa shape index (κ2) is 12.5. The van der Waals surface area contributed by atoms with E-state index in [-0.39, 0.29) is 18.0 Å². The van der Waals surface area contributed by atoms with Crippen molar-refractivity contribution in [1.82, 2.24) is 19.9 Å². The molecule has 0 aliphatic carbocycles. The van der Waals surface area contributed by atoms with E-state index >= 15 is 0 Å². The Labute approximate surface area is 224 Å². The lowest BCUT2D eigenvalue weighted by Gasteiger charge is -2.11. The van der Waals surface area contributed by atoms with Gasteiger partial charge >= 0.3 is 5.97 Å². The zero-order valence-corrected chi connectivity index (χ0v) is 21.3. The highest BCUT2D eigenvalue weighted by Gasteiger charge is 2.16. The fourth-order valence-corrected chi connectivity index (χ4v) is 3.90. The van der Waals surface area contributed by atoms with Gasteiger partial charge in [-0.25, -0.2) is 14.8 Å². The van der Waals surface area contributed by atoms with Crippen LogP contribution in [0.1, 0.15) is 43.4 Å². The third kappa shape index (κ3) is 6.96. The molecule has 4 aromatic rings. The minimum absolute atomic E-state index is 0.0279. The minimum atomic E-state index is -0.682. The molecule has 0 aliphatic heterocycles. The average Bonchev–Trinajstić information content (AvgIpc) is 3.38. The van der Waals surface area contributed by atoms with Crippen LogP contribution in [0.4, 0.5) is 0 Å². The first-order valence-electron chi connectivity index (χ1n) is 11.7. The number of halogens is 1. The molecule has 2 aromatic carbocycles. The first-order chi connectivity index (χ1) is 18.4. The summed E-state index contributed by atoms with van der Waals surface area (Å²) in [5, 5.41) is 12.4. The molecule has 0 bridgehead atoms. The molecule has 1 amide bonds. The number of imidazole rings is 1. The molecule has 0 unspecified atom stereocenters. The number of methoxy groups -OCH3 is 1. The predicted octanol–water partition coefficient (Wildman–Crippen LogP) is 4.19. The first kappa shape index (κ1) is 26.4. The summed E-state index contributed by atoms with van der Waals surface area (Å²) >= 11 is 6.03. The van der Waals surface area contributed by atoms with Crippen molar-refractivity contribution in [2.24, 2.45) is 0 Å². The lowest BCUT2D eigenvalue weighted by molar-refractivity contribution is 0.0593. The van der Waals surface area contributed by atoms with Crippen molar-refractivity contribution < 1.29 is 19.1 Å². The lowest BCUT2D eigenvalue weighted by atomic mass is 10.1. The molecule has 0 fully saturated rings. The summed E-state index contributed by atoms with van der Waals surface area (Å²) in [6.45, 7) is 1.10. The van der Waals surface area contributed by atoms with E-state index in [0.29, 0.717) is 35.8 Å². The molecule has 1 N–H and O–H groups in total. The molecule has 2 aromatic heterocycles. The fraction of sp³-hybridized carbons (Fsp3) is 0.179. The quantitative estimate of drug-likeness (QED) is 0.306. The summed E-state index contributed by atoms with van der Waals surface area (Å²) in [7, 11) is 1.24. The maximum Gasteiger partial charge on any atom is 0.356 e. The van der Waals surface area contributed by atoms with Gasteiger partial charge < -0.3 is 19.4 Å². The Morgan fingerprint density at radius 3 is 2.61 bits per heavy atom. The van der Waals surface area contributed by atoms with Gasteiger partial charge in [0.2, 0.25) is 0 Å². The number of ether oxygens (including phenoxy) is 2. The number of rotatable bonds is 10. The average molecular weight is 530 g/mol. The van der Waals surface area contributed by atoms with Gasteiger partial charge in [0, 0.05) is 48.6 Å². The number of hydrogen-bond acceptors (Lipinski definition) is 7. The number of nitrogens with one attached hydrogen (secondary N) is 1. The van der Waals surface area contributed by atoms with E-state index in [2.05, 4.69) is 21.4 Å². The molecule has 0 radical (unpaired) electrons. The highest BCUT2D eigenvalue weighted by molar-refractivity contribution is 6.30. The zero-order valence-electron chi connectivity index (χ0n) is 20.6. The van der Waals surface area contributed by atoms with Gasteiger partial charge in [-0.3, -0.25) is 4.79 Å². The van der Waals surface area contributed by atoms with Gasteiger partial charge in [0.1, 0.15) is 18.1 Å². The summed E-state index contributed by atoms with van der Waals surface area (Å²) in [5.41, 5.74) is 3.38. The number of carbonyl (C=O) groups excluding carboxylic acids is 2. The lowest BCUT2D eigenvalue weighted by Crippen LogP contribution is -2.27. The Kier molecular flexibility index (Phi) is 8.69. The van der Waals surface area contributed by atoms with E-state index in [1.807, 2.05) is 28.8 Å². The number of benzene rings is 2. The Bertz CT molecular complexity index is 1480. The van der Waals surface area contributed by atoms with Crippen LogP contribution in [0, 0.1) is 11.3 Å². The summed E-state index contributed by atoms with van der Waals surface area (Å²) in [6, 6.07) is 19.5. The summed E-state index contributed by atoms with van der Waals surface area (Å²) in [5.74, 6) is -0.841. The standard InChI is InChI=1S/C28H24ClN5O4/c1-37-28(36)26-13-24(38-17-21-3-2-4-22(29)11-21)12-25(33-26)27(35)32-10-9-23-15-31-18-34(23)16-20-7-5-19(14-30)6-8-20/h2-8,11-13,15,18H,9-10,16-17H2,1H3,(H,32,35). The second-order valence-electron chi connectivity index (χ2n) is 8.31. The molecule has 0 saturated heterocycles. The zero-order chi connectivity index (χ0) is 26.9. The molecule has 192 valence electrons. The van der Waals surface area contributed by atoms with E-state index < -0.39 is 11.9 Å². The normalized spacial score (nSPS) is 10.4. The van der Waals surface area contributed by atoms with Crippen molar-refractivity contribution >= 4 is 23.5 Å². The largest absolute Gasteiger partial charge is 0.489 e. The van der Waals surface area contributed by atoms with Crippen LogP contribution in [0.2, 0.25) is 5.02 Å². The number of aromatic nitrogens is 3. The molecule has 38 heavy (non-hydrogen) atoms. The molecule has 0 spiro atoms. The number of hydrogen-bond donors (Lipinski definition) is 1. The maximum absolute atomic E-state index is 12.9. The summed E-state index contributed by atoms with van der Waals surface area (Å²) < 4.78 is 12.6. The molecule has 0 aliphatic rings. The van der Waals surface area contributed by atoms with Crippen LogP contribution >= 0.6 is 11.6 Å². The molecular weight excluding hydrogens is 506 g/mol. The SMILES string of the molecule is COC(=O)c1cc(OCc2cccc(Cl)c2)cc(C(=O)NCCc2cncn2Cc2ccc(C#N)cc2)n1. The molecular formula is C28H24ClN5O4. The number of pyridine rings is 1. The van der Waals surface area contributed by atoms with Crippen LogP contribution in [0.15, 0.2) is 73.2 Å². The fourth-order valence-electron chi connectivity index (χ4n) is 3.68. The Morgan fingerprint density at radius 1 is 1.08 bits per heavy atom. The highest BCUT2D eigenvalue weighted by Crippen LogP contribution is 2.19. The van der Waals surface area contributed by atoms with Gasteiger partial charge in [0.15, 0.2) is 5.69 Å². The number of nitrogens with zero attached hydrogens (tertiary/aromatic N) is 4. The van der Waals surface area contributed by atoms with Crippen molar-refractivity contribution in [1.29, 1.82) is 5.26 Å². The molecule has 4 rings (SSSR count). The summed E-state index contributed by atoms with van der Waals surface area (Å²) in [4.78, 5) is 33.4. The highest BCUT2D eigenvalue weighted by atomic mass is 35.5. The Morgan fingerprint density at radius 2 is 1.87 bits per heavy atom.